The summed E-state index contributed by atoms with van der Waals surface area (Å²) in [4.78, 5) is 7.37. The van der Waals surface area contributed by atoms with Crippen molar-refractivity contribution < 1.29 is 23.0 Å². The first-order valence-corrected chi connectivity index (χ1v) is 12.4. The predicted octanol–water partition coefficient (Wildman–Crippen LogP) is 3.81. The molecule has 32 heavy (non-hydrogen) atoms. The van der Waals surface area contributed by atoms with Crippen molar-refractivity contribution in [3.05, 3.63) is 57.9 Å². The second-order valence-electron chi connectivity index (χ2n) is 7.52. The van der Waals surface area contributed by atoms with Crippen molar-refractivity contribution in [2.75, 3.05) is 13.1 Å². The standard InChI is InChI=1S/C21H20BrClFN3O4S/c22-14-3-1-12(9-16(14)24)17-11-25-21(26-17)13-2-4-15(23)20(10-13)32(30,31)27-7-5-18(28)19(29)6-8-27/h1-4,9-11,18-19,28-29H,5-8H2,(H,25,26)/t18-,19+. The Morgan fingerprint density at radius 3 is 2.41 bits per heavy atom. The normalized spacial score (nSPS) is 20.3. The monoisotopic (exact) mass is 543 g/mol. The highest BCUT2D eigenvalue weighted by molar-refractivity contribution is 9.10. The molecular weight excluding hydrogens is 525 g/mol. The number of aliphatic hydroxyl groups is 2. The maximum absolute atomic E-state index is 13.9. The van der Waals surface area contributed by atoms with Crippen LogP contribution in [-0.2, 0) is 10.0 Å². The number of benzene rings is 2. The molecule has 2 heterocycles. The van der Waals surface area contributed by atoms with Gasteiger partial charge in [0, 0.05) is 30.4 Å². The highest BCUT2D eigenvalue weighted by atomic mass is 79.9. The van der Waals surface area contributed by atoms with E-state index in [1.807, 2.05) is 0 Å². The van der Waals surface area contributed by atoms with E-state index in [1.54, 1.807) is 24.4 Å². The Morgan fingerprint density at radius 2 is 1.75 bits per heavy atom. The Labute approximate surface area is 198 Å². The number of nitrogens with zero attached hydrogens (tertiary/aromatic N) is 2. The molecule has 1 aliphatic heterocycles. The molecule has 0 aliphatic carbocycles. The van der Waals surface area contributed by atoms with Gasteiger partial charge in [0.1, 0.15) is 16.5 Å². The van der Waals surface area contributed by atoms with E-state index in [-0.39, 0.29) is 35.8 Å². The topological polar surface area (TPSA) is 107 Å². The molecule has 170 valence electrons. The molecule has 0 amide bonds. The quantitative estimate of drug-likeness (QED) is 0.463. The first kappa shape index (κ1) is 23.3. The highest BCUT2D eigenvalue weighted by Gasteiger charge is 2.32. The van der Waals surface area contributed by atoms with Crippen molar-refractivity contribution in [2.45, 2.75) is 29.9 Å². The molecule has 4 rings (SSSR count). The van der Waals surface area contributed by atoms with Crippen molar-refractivity contribution >= 4 is 37.6 Å². The van der Waals surface area contributed by atoms with Crippen LogP contribution in [0, 0.1) is 5.82 Å². The lowest BCUT2D eigenvalue weighted by atomic mass is 10.1. The summed E-state index contributed by atoms with van der Waals surface area (Å²) in [7, 11) is -3.97. The second kappa shape index (κ2) is 9.20. The van der Waals surface area contributed by atoms with E-state index >= 15 is 0 Å². The van der Waals surface area contributed by atoms with Crippen molar-refractivity contribution in [1.29, 1.82) is 0 Å². The number of hydrogen-bond acceptors (Lipinski definition) is 5. The van der Waals surface area contributed by atoms with Gasteiger partial charge in [0.05, 0.1) is 27.4 Å². The van der Waals surface area contributed by atoms with Crippen LogP contribution in [-0.4, -0.2) is 58.2 Å². The zero-order valence-electron chi connectivity index (χ0n) is 16.7. The van der Waals surface area contributed by atoms with Gasteiger partial charge in [-0.15, -0.1) is 0 Å². The third-order valence-corrected chi connectivity index (χ3v) is 8.43. The number of nitrogens with one attached hydrogen (secondary N) is 1. The Hall–Kier alpha value is -1.82. The zero-order chi connectivity index (χ0) is 23.0. The van der Waals surface area contributed by atoms with Crippen molar-refractivity contribution in [1.82, 2.24) is 14.3 Å². The van der Waals surface area contributed by atoms with Crippen LogP contribution in [0.4, 0.5) is 4.39 Å². The molecule has 11 heteroatoms. The Kier molecular flexibility index (Phi) is 6.71. The van der Waals surface area contributed by atoms with Gasteiger partial charge < -0.3 is 15.2 Å². The van der Waals surface area contributed by atoms with E-state index in [9.17, 15) is 23.0 Å². The molecular formula is C21H20BrClFN3O4S. The molecule has 0 bridgehead atoms. The molecule has 2 atom stereocenters. The minimum absolute atomic E-state index is 0.0563. The third kappa shape index (κ3) is 4.61. The molecule has 0 saturated carbocycles. The van der Waals surface area contributed by atoms with Crippen molar-refractivity contribution in [2.24, 2.45) is 0 Å². The Balaban J connectivity index is 1.66. The van der Waals surface area contributed by atoms with Gasteiger partial charge in [0.15, 0.2) is 0 Å². The second-order valence-corrected chi connectivity index (χ2v) is 10.7. The van der Waals surface area contributed by atoms with Crippen LogP contribution in [0.3, 0.4) is 0 Å². The predicted molar refractivity (Wildman–Crippen MR) is 122 cm³/mol. The van der Waals surface area contributed by atoms with Gasteiger partial charge in [-0.25, -0.2) is 17.8 Å². The summed E-state index contributed by atoms with van der Waals surface area (Å²) in [5, 5.41) is 19.8. The van der Waals surface area contributed by atoms with Gasteiger partial charge in [-0.3, -0.25) is 0 Å². The highest BCUT2D eigenvalue weighted by Crippen LogP contribution is 2.32. The Morgan fingerprint density at radius 1 is 1.09 bits per heavy atom. The van der Waals surface area contributed by atoms with Crippen molar-refractivity contribution in [3.63, 3.8) is 0 Å². The minimum Gasteiger partial charge on any atom is -0.390 e. The fourth-order valence-electron chi connectivity index (χ4n) is 3.55. The SMILES string of the molecule is O=S(=O)(c1cc(-c2nc(-c3ccc(Br)c(F)c3)c[nH]2)ccc1Cl)N1CC[C@@H](O)[C@@H](O)CC1. The van der Waals surface area contributed by atoms with E-state index in [0.717, 1.165) is 0 Å². The molecule has 1 fully saturated rings. The van der Waals surface area contributed by atoms with Gasteiger partial charge in [0.2, 0.25) is 10.0 Å². The maximum Gasteiger partial charge on any atom is 0.244 e. The third-order valence-electron chi connectivity index (χ3n) is 5.41. The van der Waals surface area contributed by atoms with E-state index < -0.39 is 28.0 Å². The van der Waals surface area contributed by atoms with Gasteiger partial charge in [-0.2, -0.15) is 4.31 Å². The van der Waals surface area contributed by atoms with Crippen LogP contribution < -0.4 is 0 Å². The molecule has 1 saturated heterocycles. The lowest BCUT2D eigenvalue weighted by molar-refractivity contribution is 0.0187. The van der Waals surface area contributed by atoms with Crippen LogP contribution in [0.1, 0.15) is 12.8 Å². The van der Waals surface area contributed by atoms with Gasteiger partial charge >= 0.3 is 0 Å². The summed E-state index contributed by atoms with van der Waals surface area (Å²) in [6, 6.07) is 9.20. The molecule has 1 aliphatic rings. The van der Waals surface area contributed by atoms with E-state index in [1.165, 1.54) is 22.5 Å². The average Bonchev–Trinajstić information content (AvgIpc) is 3.18. The number of H-pyrrole nitrogens is 1. The number of rotatable bonds is 4. The Bertz CT molecular complexity index is 1240. The van der Waals surface area contributed by atoms with Gasteiger partial charge in [-0.05, 0) is 59.1 Å². The number of aliphatic hydroxyl groups excluding tert-OH is 2. The van der Waals surface area contributed by atoms with Gasteiger partial charge in [0.25, 0.3) is 0 Å². The van der Waals surface area contributed by atoms with Crippen LogP contribution >= 0.6 is 27.5 Å². The first-order chi connectivity index (χ1) is 15.2. The summed E-state index contributed by atoms with van der Waals surface area (Å²) in [6.45, 7) is 0.141. The minimum atomic E-state index is -3.97. The largest absolute Gasteiger partial charge is 0.390 e. The maximum atomic E-state index is 13.9. The smallest absolute Gasteiger partial charge is 0.244 e. The van der Waals surface area contributed by atoms with Crippen molar-refractivity contribution in [3.8, 4) is 22.6 Å². The molecule has 0 radical (unpaired) electrons. The van der Waals surface area contributed by atoms with Crippen LogP contribution in [0.5, 0.6) is 0 Å². The van der Waals surface area contributed by atoms with Gasteiger partial charge in [-0.1, -0.05) is 17.7 Å². The molecule has 7 nitrogen and oxygen atoms in total. The first-order valence-electron chi connectivity index (χ1n) is 9.84. The lowest BCUT2D eigenvalue weighted by Crippen LogP contribution is -2.32. The van der Waals surface area contributed by atoms with E-state index in [4.69, 9.17) is 11.6 Å². The molecule has 3 aromatic rings. The molecule has 0 unspecified atom stereocenters. The molecule has 3 N–H and O–H groups in total. The van der Waals surface area contributed by atoms with Crippen LogP contribution in [0.2, 0.25) is 5.02 Å². The molecule has 2 aromatic carbocycles. The summed E-state index contributed by atoms with van der Waals surface area (Å²) >= 11 is 9.35. The number of sulfonamides is 1. The van der Waals surface area contributed by atoms with E-state index in [2.05, 4.69) is 25.9 Å². The fourth-order valence-corrected chi connectivity index (χ4v) is 5.77. The summed E-state index contributed by atoms with van der Waals surface area (Å²) in [5.74, 6) is -0.0160. The number of imidazole rings is 1. The molecule has 1 aromatic heterocycles. The summed E-state index contributed by atoms with van der Waals surface area (Å²) in [5.41, 5.74) is 1.56. The number of hydrogen-bond donors (Lipinski definition) is 3. The fraction of sp³-hybridized carbons (Fsp3) is 0.286. The number of aromatic amines is 1. The number of aromatic nitrogens is 2. The summed E-state index contributed by atoms with van der Waals surface area (Å²) < 4.78 is 41.9. The summed E-state index contributed by atoms with van der Waals surface area (Å²) in [6.07, 6.45) is -0.0753. The number of halogens is 3. The van der Waals surface area contributed by atoms with Crippen LogP contribution in [0.25, 0.3) is 22.6 Å². The molecule has 0 spiro atoms. The van der Waals surface area contributed by atoms with Crippen LogP contribution in [0.15, 0.2) is 52.0 Å². The lowest BCUT2D eigenvalue weighted by Gasteiger charge is -2.21. The average molecular weight is 545 g/mol. The van der Waals surface area contributed by atoms with E-state index in [0.29, 0.717) is 27.1 Å². The zero-order valence-corrected chi connectivity index (χ0v) is 19.8.